The average molecular weight is 387 g/mol. The molecule has 0 aliphatic carbocycles. The zero-order chi connectivity index (χ0) is 13.8. The smallest absolute Gasteiger partial charge is 0.335 e. The molecule has 0 spiro atoms. The normalized spacial score (nSPS) is 10.2. The number of hydrogen-bond donors (Lipinski definition) is 2. The molecule has 0 aliphatic rings. The van der Waals surface area contributed by atoms with Gasteiger partial charge in [0.2, 0.25) is 0 Å². The van der Waals surface area contributed by atoms with Crippen molar-refractivity contribution < 1.29 is 14.7 Å². The number of aromatic carboxylic acids is 1. The molecule has 2 rings (SSSR count). The number of thiophene rings is 1. The van der Waals surface area contributed by atoms with Gasteiger partial charge in [0.25, 0.3) is 5.91 Å². The summed E-state index contributed by atoms with van der Waals surface area (Å²) in [6.45, 7) is 0.312. The number of carboxylic acids is 1. The molecule has 2 aromatic rings. The van der Waals surface area contributed by atoms with E-state index in [1.165, 1.54) is 17.4 Å². The van der Waals surface area contributed by atoms with Gasteiger partial charge in [-0.25, -0.2) is 4.79 Å². The van der Waals surface area contributed by atoms with E-state index in [1.807, 2.05) is 6.07 Å². The number of rotatable bonds is 4. The van der Waals surface area contributed by atoms with Crippen LogP contribution in [0.15, 0.2) is 35.7 Å². The van der Waals surface area contributed by atoms with Crippen LogP contribution in [0.4, 0.5) is 0 Å². The van der Waals surface area contributed by atoms with Crippen molar-refractivity contribution in [3.05, 3.63) is 55.3 Å². The van der Waals surface area contributed by atoms with E-state index >= 15 is 0 Å². The molecular weight excluding hydrogens is 377 g/mol. The highest BCUT2D eigenvalue weighted by atomic mass is 127. The molecule has 1 amide bonds. The number of carbonyl (C=O) groups excluding carboxylic acids is 1. The summed E-state index contributed by atoms with van der Waals surface area (Å²) < 4.78 is 1.05. The summed E-state index contributed by atoms with van der Waals surface area (Å²) in [5, 5.41) is 13.4. The Balaban J connectivity index is 2.01. The number of halogens is 1. The first kappa shape index (κ1) is 14.0. The molecule has 0 aliphatic heterocycles. The first-order valence-corrected chi connectivity index (χ1v) is 7.36. The SMILES string of the molecule is O=C(O)c1cccc(CNC(=O)c2csc(I)c2)c1. The molecule has 0 radical (unpaired) electrons. The van der Waals surface area contributed by atoms with Crippen molar-refractivity contribution in [2.75, 3.05) is 0 Å². The lowest BCUT2D eigenvalue weighted by Crippen LogP contribution is -2.22. The number of amides is 1. The van der Waals surface area contributed by atoms with Crippen LogP contribution in [-0.4, -0.2) is 17.0 Å². The zero-order valence-electron chi connectivity index (χ0n) is 9.72. The van der Waals surface area contributed by atoms with Gasteiger partial charge in [0, 0.05) is 11.9 Å². The van der Waals surface area contributed by atoms with Crippen LogP contribution in [0.3, 0.4) is 0 Å². The molecule has 2 N–H and O–H groups in total. The molecule has 98 valence electrons. The van der Waals surface area contributed by atoms with Crippen LogP contribution in [0.1, 0.15) is 26.3 Å². The van der Waals surface area contributed by atoms with Crippen LogP contribution < -0.4 is 5.32 Å². The summed E-state index contributed by atoms with van der Waals surface area (Å²) in [4.78, 5) is 22.7. The first-order chi connectivity index (χ1) is 9.06. The highest BCUT2D eigenvalue weighted by Gasteiger charge is 2.08. The van der Waals surface area contributed by atoms with Crippen molar-refractivity contribution >= 4 is 45.8 Å². The third kappa shape index (κ3) is 3.77. The van der Waals surface area contributed by atoms with Gasteiger partial charge in [0.15, 0.2) is 0 Å². The summed E-state index contributed by atoms with van der Waals surface area (Å²) in [6, 6.07) is 8.34. The number of hydrogen-bond acceptors (Lipinski definition) is 3. The summed E-state index contributed by atoms with van der Waals surface area (Å²) in [5.41, 5.74) is 1.61. The van der Waals surface area contributed by atoms with Crippen molar-refractivity contribution in [3.63, 3.8) is 0 Å². The molecule has 6 heteroatoms. The Labute approximate surface area is 127 Å². The molecule has 0 atom stereocenters. The summed E-state index contributed by atoms with van der Waals surface area (Å²) >= 11 is 3.67. The quantitative estimate of drug-likeness (QED) is 0.793. The van der Waals surface area contributed by atoms with E-state index in [-0.39, 0.29) is 11.5 Å². The van der Waals surface area contributed by atoms with E-state index < -0.39 is 5.97 Å². The molecule has 1 aromatic heterocycles. The fourth-order valence-corrected chi connectivity index (χ4v) is 2.85. The monoisotopic (exact) mass is 387 g/mol. The minimum atomic E-state index is -0.972. The van der Waals surface area contributed by atoms with Crippen LogP contribution >= 0.6 is 33.9 Å². The summed E-state index contributed by atoms with van der Waals surface area (Å²) in [5.74, 6) is -1.12. The van der Waals surface area contributed by atoms with Gasteiger partial charge >= 0.3 is 5.97 Å². The lowest BCUT2D eigenvalue weighted by molar-refractivity contribution is 0.0696. The average Bonchev–Trinajstić information content (AvgIpc) is 2.83. The number of benzene rings is 1. The lowest BCUT2D eigenvalue weighted by Gasteiger charge is -2.05. The zero-order valence-corrected chi connectivity index (χ0v) is 12.7. The number of carboxylic acid groups (broad SMARTS) is 1. The topological polar surface area (TPSA) is 66.4 Å². The van der Waals surface area contributed by atoms with E-state index in [9.17, 15) is 9.59 Å². The van der Waals surface area contributed by atoms with Crippen LogP contribution in [0.2, 0.25) is 0 Å². The maximum absolute atomic E-state index is 11.8. The maximum Gasteiger partial charge on any atom is 0.335 e. The minimum absolute atomic E-state index is 0.153. The Kier molecular flexibility index (Phi) is 4.54. The van der Waals surface area contributed by atoms with Gasteiger partial charge < -0.3 is 10.4 Å². The second-order valence-corrected chi connectivity index (χ2v) is 6.63. The fraction of sp³-hybridized carbons (Fsp3) is 0.0769. The summed E-state index contributed by atoms with van der Waals surface area (Å²) in [7, 11) is 0. The van der Waals surface area contributed by atoms with Gasteiger partial charge in [-0.15, -0.1) is 11.3 Å². The van der Waals surface area contributed by atoms with Crippen molar-refractivity contribution in [2.24, 2.45) is 0 Å². The molecule has 0 saturated carbocycles. The van der Waals surface area contributed by atoms with Gasteiger partial charge in [-0.2, -0.15) is 0 Å². The second kappa shape index (κ2) is 6.16. The standard InChI is InChI=1S/C13H10INO3S/c14-11-5-10(7-19-11)12(16)15-6-8-2-1-3-9(4-8)13(17)18/h1-5,7H,6H2,(H,15,16)(H,17,18). The fourth-order valence-electron chi connectivity index (χ4n) is 1.53. The van der Waals surface area contributed by atoms with E-state index in [0.717, 1.165) is 8.45 Å². The van der Waals surface area contributed by atoms with Gasteiger partial charge in [-0.3, -0.25) is 4.79 Å². The first-order valence-electron chi connectivity index (χ1n) is 5.41. The highest BCUT2D eigenvalue weighted by Crippen LogP contribution is 2.16. The predicted octanol–water partition coefficient (Wildman–Crippen LogP) is 2.98. The van der Waals surface area contributed by atoms with E-state index in [1.54, 1.807) is 23.6 Å². The summed E-state index contributed by atoms with van der Waals surface area (Å²) in [6.07, 6.45) is 0. The molecule has 1 aromatic carbocycles. The largest absolute Gasteiger partial charge is 0.478 e. The molecule has 0 fully saturated rings. The highest BCUT2D eigenvalue weighted by molar-refractivity contribution is 14.1. The molecule has 0 bridgehead atoms. The third-order valence-electron chi connectivity index (χ3n) is 2.46. The number of carbonyl (C=O) groups is 2. The van der Waals surface area contributed by atoms with Gasteiger partial charge in [0.1, 0.15) is 0 Å². The molecule has 4 nitrogen and oxygen atoms in total. The van der Waals surface area contributed by atoms with Crippen LogP contribution in [0, 0.1) is 2.88 Å². The lowest BCUT2D eigenvalue weighted by atomic mass is 10.1. The van der Waals surface area contributed by atoms with Gasteiger partial charge in [-0.05, 0) is 46.4 Å². The molecule has 19 heavy (non-hydrogen) atoms. The Bertz CT molecular complexity index is 624. The molecule has 0 saturated heterocycles. The van der Waals surface area contributed by atoms with E-state index in [2.05, 4.69) is 27.9 Å². The Morgan fingerprint density at radius 1 is 1.26 bits per heavy atom. The Hall–Kier alpha value is -1.41. The van der Waals surface area contributed by atoms with Crippen LogP contribution in [0.25, 0.3) is 0 Å². The van der Waals surface area contributed by atoms with Gasteiger partial charge in [0.05, 0.1) is 14.0 Å². The van der Waals surface area contributed by atoms with Crippen molar-refractivity contribution in [3.8, 4) is 0 Å². The van der Waals surface area contributed by atoms with E-state index in [0.29, 0.717) is 12.1 Å². The second-order valence-electron chi connectivity index (χ2n) is 3.83. The maximum atomic E-state index is 11.8. The van der Waals surface area contributed by atoms with Gasteiger partial charge in [-0.1, -0.05) is 12.1 Å². The van der Waals surface area contributed by atoms with Crippen LogP contribution in [-0.2, 0) is 6.54 Å². The van der Waals surface area contributed by atoms with Crippen LogP contribution in [0.5, 0.6) is 0 Å². The van der Waals surface area contributed by atoms with E-state index in [4.69, 9.17) is 5.11 Å². The Morgan fingerprint density at radius 3 is 2.68 bits per heavy atom. The minimum Gasteiger partial charge on any atom is -0.478 e. The van der Waals surface area contributed by atoms with Crippen molar-refractivity contribution in [2.45, 2.75) is 6.54 Å². The molecular formula is C13H10INO3S. The number of nitrogens with one attached hydrogen (secondary N) is 1. The van der Waals surface area contributed by atoms with Crippen molar-refractivity contribution in [1.29, 1.82) is 0 Å². The third-order valence-corrected chi connectivity index (χ3v) is 4.25. The molecule has 1 heterocycles. The Morgan fingerprint density at radius 2 is 2.05 bits per heavy atom. The molecule has 0 unspecified atom stereocenters. The van der Waals surface area contributed by atoms with Crippen molar-refractivity contribution in [1.82, 2.24) is 5.32 Å². The predicted molar refractivity (Wildman–Crippen MR) is 81.6 cm³/mol.